The quantitative estimate of drug-likeness (QED) is 0.940. The number of nitrogens with one attached hydrogen (secondary N) is 1. The fourth-order valence-electron chi connectivity index (χ4n) is 2.11. The van der Waals surface area contributed by atoms with Crippen molar-refractivity contribution in [2.24, 2.45) is 0 Å². The van der Waals surface area contributed by atoms with Gasteiger partial charge in [0.25, 0.3) is 0 Å². The van der Waals surface area contributed by atoms with E-state index in [1.165, 1.54) is 12.1 Å². The van der Waals surface area contributed by atoms with Crippen LogP contribution in [0.25, 0.3) is 0 Å². The fraction of sp³-hybridized carbons (Fsp3) is 0.385. The molecular weight excluding hydrogens is 287 g/mol. The van der Waals surface area contributed by atoms with Crippen LogP contribution in [0, 0.1) is 0 Å². The second-order valence-electron chi connectivity index (χ2n) is 4.24. The zero-order chi connectivity index (χ0) is 14.8. The molecule has 0 aliphatic carbocycles. The van der Waals surface area contributed by atoms with Crippen LogP contribution in [0.2, 0.25) is 0 Å². The maximum absolute atomic E-state index is 13.1. The van der Waals surface area contributed by atoms with E-state index in [0.29, 0.717) is 6.42 Å². The third-order valence-corrected chi connectivity index (χ3v) is 3.88. The van der Waals surface area contributed by atoms with E-state index in [4.69, 9.17) is 0 Å². The molecule has 0 saturated carbocycles. The van der Waals surface area contributed by atoms with Gasteiger partial charge < -0.3 is 5.32 Å². The van der Waals surface area contributed by atoms with E-state index in [2.05, 4.69) is 14.9 Å². The molecule has 1 unspecified atom stereocenters. The van der Waals surface area contributed by atoms with Crippen LogP contribution in [0.3, 0.4) is 0 Å². The monoisotopic (exact) mass is 301 g/mol. The second kappa shape index (κ2) is 5.88. The predicted molar refractivity (Wildman–Crippen MR) is 71.6 cm³/mol. The summed E-state index contributed by atoms with van der Waals surface area (Å²) < 4.78 is 43.2. The van der Waals surface area contributed by atoms with Gasteiger partial charge in [-0.05, 0) is 36.6 Å². The predicted octanol–water partition coefficient (Wildman–Crippen LogP) is 3.43. The number of benzene rings is 1. The normalized spacial score (nSPS) is 13.4. The first-order chi connectivity index (χ1) is 9.49. The van der Waals surface area contributed by atoms with E-state index in [-0.39, 0.29) is 5.56 Å². The molecule has 1 heterocycles. The lowest BCUT2D eigenvalue weighted by atomic mass is 9.97. The van der Waals surface area contributed by atoms with E-state index < -0.39 is 17.8 Å². The minimum absolute atomic E-state index is 0.197. The summed E-state index contributed by atoms with van der Waals surface area (Å²) in [5, 5.41) is 6.91. The van der Waals surface area contributed by atoms with Crippen molar-refractivity contribution in [2.75, 3.05) is 7.05 Å². The zero-order valence-corrected chi connectivity index (χ0v) is 11.8. The van der Waals surface area contributed by atoms with E-state index in [1.807, 2.05) is 6.92 Å². The number of aryl methyl sites for hydroxylation is 1. The Labute approximate surface area is 119 Å². The molecule has 0 saturated heterocycles. The lowest BCUT2D eigenvalue weighted by Crippen LogP contribution is -2.22. The molecule has 0 spiro atoms. The van der Waals surface area contributed by atoms with Crippen LogP contribution in [-0.4, -0.2) is 16.6 Å². The van der Waals surface area contributed by atoms with Crippen molar-refractivity contribution >= 4 is 11.5 Å². The summed E-state index contributed by atoms with van der Waals surface area (Å²) in [6.07, 6.45) is -3.74. The molecule has 0 aliphatic rings. The van der Waals surface area contributed by atoms with Crippen molar-refractivity contribution in [2.45, 2.75) is 25.6 Å². The van der Waals surface area contributed by atoms with Crippen LogP contribution in [-0.2, 0) is 12.6 Å². The first-order valence-corrected chi connectivity index (χ1v) is 6.90. The molecule has 0 bridgehead atoms. The number of halogens is 3. The summed E-state index contributed by atoms with van der Waals surface area (Å²) in [4.78, 5) is 0.728. The number of hydrogen-bond donors (Lipinski definition) is 1. The molecule has 1 N–H and O–H groups in total. The number of aromatic nitrogens is 2. The summed E-state index contributed by atoms with van der Waals surface area (Å²) in [6, 6.07) is 5.03. The standard InChI is InChI=1S/C13H14F3N3S/c1-3-10-12(20-19-18-10)11(17-2)8-6-4-5-7-9(8)13(14,15)16/h4-7,11,17H,3H2,1-2H3. The smallest absolute Gasteiger partial charge is 0.309 e. The van der Waals surface area contributed by atoms with Gasteiger partial charge in [-0.1, -0.05) is 29.6 Å². The van der Waals surface area contributed by atoms with Gasteiger partial charge in [0.15, 0.2) is 0 Å². The molecule has 3 nitrogen and oxygen atoms in total. The van der Waals surface area contributed by atoms with Crippen molar-refractivity contribution in [3.8, 4) is 0 Å². The average Bonchev–Trinajstić information content (AvgIpc) is 2.87. The Balaban J connectivity index is 2.53. The van der Waals surface area contributed by atoms with E-state index in [1.54, 1.807) is 13.1 Å². The maximum Gasteiger partial charge on any atom is 0.416 e. The van der Waals surface area contributed by atoms with Crippen LogP contribution in [0.15, 0.2) is 24.3 Å². The van der Waals surface area contributed by atoms with Crippen LogP contribution < -0.4 is 5.32 Å². The Bertz CT molecular complexity index is 580. The molecule has 0 aliphatic heterocycles. The van der Waals surface area contributed by atoms with Gasteiger partial charge >= 0.3 is 6.18 Å². The second-order valence-corrected chi connectivity index (χ2v) is 5.03. The van der Waals surface area contributed by atoms with Crippen LogP contribution in [0.5, 0.6) is 0 Å². The Kier molecular flexibility index (Phi) is 4.39. The third kappa shape index (κ3) is 2.83. The molecular formula is C13H14F3N3S. The molecule has 1 atom stereocenters. The van der Waals surface area contributed by atoms with Crippen LogP contribution >= 0.6 is 11.5 Å². The summed E-state index contributed by atoms with van der Waals surface area (Å²) in [7, 11) is 1.64. The van der Waals surface area contributed by atoms with Crippen molar-refractivity contribution in [1.82, 2.24) is 14.9 Å². The molecule has 7 heteroatoms. The number of rotatable bonds is 4. The van der Waals surface area contributed by atoms with Gasteiger partial charge in [0, 0.05) is 0 Å². The molecule has 1 aromatic carbocycles. The fourth-order valence-corrected chi connectivity index (χ4v) is 2.98. The summed E-state index contributed by atoms with van der Waals surface area (Å²) in [6.45, 7) is 1.91. The first kappa shape index (κ1) is 14.9. The summed E-state index contributed by atoms with van der Waals surface area (Å²) >= 11 is 1.13. The number of nitrogens with zero attached hydrogens (tertiary/aromatic N) is 2. The Morgan fingerprint density at radius 2 is 2.00 bits per heavy atom. The Morgan fingerprint density at radius 1 is 1.30 bits per heavy atom. The van der Waals surface area contributed by atoms with Crippen LogP contribution in [0.1, 0.15) is 34.7 Å². The lowest BCUT2D eigenvalue weighted by Gasteiger charge is -2.20. The lowest BCUT2D eigenvalue weighted by molar-refractivity contribution is -0.138. The van der Waals surface area contributed by atoms with Gasteiger partial charge in [0.2, 0.25) is 0 Å². The van der Waals surface area contributed by atoms with Gasteiger partial charge in [0.05, 0.1) is 22.2 Å². The topological polar surface area (TPSA) is 37.8 Å². The largest absolute Gasteiger partial charge is 0.416 e. The highest BCUT2D eigenvalue weighted by Crippen LogP contribution is 2.37. The minimum atomic E-state index is -4.38. The van der Waals surface area contributed by atoms with Crippen molar-refractivity contribution in [3.05, 3.63) is 46.0 Å². The highest BCUT2D eigenvalue weighted by atomic mass is 32.1. The Morgan fingerprint density at radius 3 is 2.60 bits per heavy atom. The molecule has 108 valence electrons. The molecule has 0 radical (unpaired) electrons. The van der Waals surface area contributed by atoms with Crippen molar-refractivity contribution < 1.29 is 13.2 Å². The van der Waals surface area contributed by atoms with E-state index in [0.717, 1.165) is 28.2 Å². The van der Waals surface area contributed by atoms with E-state index in [9.17, 15) is 13.2 Å². The molecule has 1 aromatic heterocycles. The van der Waals surface area contributed by atoms with Crippen molar-refractivity contribution in [1.29, 1.82) is 0 Å². The third-order valence-electron chi connectivity index (χ3n) is 3.05. The number of alkyl halides is 3. The van der Waals surface area contributed by atoms with Crippen molar-refractivity contribution in [3.63, 3.8) is 0 Å². The highest BCUT2D eigenvalue weighted by Gasteiger charge is 2.35. The van der Waals surface area contributed by atoms with Gasteiger partial charge in [-0.25, -0.2) is 0 Å². The Hall–Kier alpha value is -1.47. The van der Waals surface area contributed by atoms with E-state index >= 15 is 0 Å². The number of hydrogen-bond acceptors (Lipinski definition) is 4. The summed E-state index contributed by atoms with van der Waals surface area (Å²) in [5.41, 5.74) is 0.296. The minimum Gasteiger partial charge on any atom is -0.309 e. The SMILES string of the molecule is CCc1nnsc1C(NC)c1ccccc1C(F)(F)F. The van der Waals surface area contributed by atoms with Gasteiger partial charge in [0.1, 0.15) is 0 Å². The molecule has 20 heavy (non-hydrogen) atoms. The highest BCUT2D eigenvalue weighted by molar-refractivity contribution is 7.05. The van der Waals surface area contributed by atoms with Gasteiger partial charge in [-0.15, -0.1) is 5.10 Å². The van der Waals surface area contributed by atoms with Gasteiger partial charge in [-0.2, -0.15) is 13.2 Å². The zero-order valence-electron chi connectivity index (χ0n) is 11.0. The molecule has 0 fully saturated rings. The molecule has 0 amide bonds. The maximum atomic E-state index is 13.1. The molecule has 2 rings (SSSR count). The molecule has 2 aromatic rings. The summed E-state index contributed by atoms with van der Waals surface area (Å²) in [5.74, 6) is 0. The first-order valence-electron chi connectivity index (χ1n) is 6.13. The average molecular weight is 301 g/mol. The van der Waals surface area contributed by atoms with Gasteiger partial charge in [-0.3, -0.25) is 0 Å². The van der Waals surface area contributed by atoms with Crippen LogP contribution in [0.4, 0.5) is 13.2 Å².